The van der Waals surface area contributed by atoms with Crippen molar-refractivity contribution < 1.29 is 4.79 Å². The third-order valence-corrected chi connectivity index (χ3v) is 3.86. The zero-order valence-corrected chi connectivity index (χ0v) is 16.1. The van der Waals surface area contributed by atoms with Gasteiger partial charge in [-0.15, -0.1) is 0 Å². The third kappa shape index (κ3) is 8.50. The second-order valence-corrected chi connectivity index (χ2v) is 6.07. The van der Waals surface area contributed by atoms with Gasteiger partial charge in [0.2, 0.25) is 5.91 Å². The Morgan fingerprint density at radius 1 is 0.800 bits per heavy atom. The van der Waals surface area contributed by atoms with Crippen LogP contribution in [0, 0.1) is 0 Å². The molecular weight excluding hydrogens is 308 g/mol. The zero-order valence-electron chi connectivity index (χ0n) is 16.1. The van der Waals surface area contributed by atoms with Crippen molar-refractivity contribution in [2.75, 3.05) is 20.6 Å². The van der Waals surface area contributed by atoms with Gasteiger partial charge in [-0.05, 0) is 24.1 Å². The van der Waals surface area contributed by atoms with E-state index >= 15 is 0 Å². The van der Waals surface area contributed by atoms with E-state index in [0.717, 1.165) is 26.1 Å². The van der Waals surface area contributed by atoms with Gasteiger partial charge < -0.3 is 4.90 Å². The van der Waals surface area contributed by atoms with Gasteiger partial charge in [0.05, 0.1) is 0 Å². The van der Waals surface area contributed by atoms with Crippen LogP contribution in [-0.4, -0.2) is 36.3 Å². The Morgan fingerprint density at radius 3 is 1.64 bits per heavy atom. The molecule has 2 rings (SSSR count). The summed E-state index contributed by atoms with van der Waals surface area (Å²) >= 11 is 0. The van der Waals surface area contributed by atoms with Gasteiger partial charge in [0.1, 0.15) is 0 Å². The third-order valence-electron chi connectivity index (χ3n) is 3.86. The Morgan fingerprint density at radius 2 is 1.24 bits per heavy atom. The van der Waals surface area contributed by atoms with E-state index in [2.05, 4.69) is 53.4 Å². The minimum atomic E-state index is 0.198. The summed E-state index contributed by atoms with van der Waals surface area (Å²) in [4.78, 5) is 15.8. The second-order valence-electron chi connectivity index (χ2n) is 6.07. The normalized spacial score (nSPS) is 10.1. The van der Waals surface area contributed by atoms with Gasteiger partial charge in [-0.1, -0.05) is 74.5 Å². The van der Waals surface area contributed by atoms with Crippen molar-refractivity contribution in [3.8, 4) is 0 Å². The van der Waals surface area contributed by atoms with Gasteiger partial charge >= 0.3 is 0 Å². The standard InChI is InChI=1S/C20H26N2O.C2H6/c1-21(2)20(23)14-9-15-22(16-18-10-5-3-6-11-18)17-19-12-7-4-8-13-19;1-2/h3-8,10-13H,9,14-17H2,1-2H3;1-2H3. The van der Waals surface area contributed by atoms with Crippen molar-refractivity contribution in [3.05, 3.63) is 71.8 Å². The fourth-order valence-corrected chi connectivity index (χ4v) is 2.57. The molecule has 0 aliphatic rings. The van der Waals surface area contributed by atoms with E-state index in [-0.39, 0.29) is 5.91 Å². The molecule has 2 aromatic carbocycles. The van der Waals surface area contributed by atoms with Crippen LogP contribution in [0.1, 0.15) is 37.8 Å². The molecule has 0 unspecified atom stereocenters. The van der Waals surface area contributed by atoms with Crippen molar-refractivity contribution in [1.82, 2.24) is 9.80 Å². The van der Waals surface area contributed by atoms with Crippen LogP contribution in [0.3, 0.4) is 0 Å². The fourth-order valence-electron chi connectivity index (χ4n) is 2.57. The molecule has 0 fully saturated rings. The molecule has 0 aliphatic heterocycles. The maximum absolute atomic E-state index is 11.7. The number of carbonyl (C=O) groups is 1. The van der Waals surface area contributed by atoms with E-state index in [9.17, 15) is 4.79 Å². The Balaban J connectivity index is 0.00000151. The summed E-state index contributed by atoms with van der Waals surface area (Å²) in [5.74, 6) is 0.198. The minimum absolute atomic E-state index is 0.198. The molecule has 0 spiro atoms. The number of hydrogen-bond acceptors (Lipinski definition) is 2. The molecule has 136 valence electrons. The van der Waals surface area contributed by atoms with Crippen LogP contribution in [0.2, 0.25) is 0 Å². The molecule has 25 heavy (non-hydrogen) atoms. The van der Waals surface area contributed by atoms with Crippen LogP contribution in [0.15, 0.2) is 60.7 Å². The van der Waals surface area contributed by atoms with Crippen molar-refractivity contribution in [2.45, 2.75) is 39.8 Å². The zero-order chi connectivity index (χ0) is 18.5. The maximum atomic E-state index is 11.7. The molecule has 0 aromatic heterocycles. The first kappa shape index (κ1) is 20.9. The second kappa shape index (κ2) is 12.3. The van der Waals surface area contributed by atoms with Crippen LogP contribution >= 0.6 is 0 Å². The van der Waals surface area contributed by atoms with Gasteiger partial charge in [-0.2, -0.15) is 0 Å². The lowest BCUT2D eigenvalue weighted by atomic mass is 10.1. The summed E-state index contributed by atoms with van der Waals surface area (Å²) in [7, 11) is 3.63. The highest BCUT2D eigenvalue weighted by atomic mass is 16.2. The van der Waals surface area contributed by atoms with E-state index in [1.54, 1.807) is 4.90 Å². The lowest BCUT2D eigenvalue weighted by Gasteiger charge is -2.23. The number of nitrogens with zero attached hydrogens (tertiary/aromatic N) is 2. The van der Waals surface area contributed by atoms with Crippen molar-refractivity contribution in [2.24, 2.45) is 0 Å². The van der Waals surface area contributed by atoms with E-state index in [1.165, 1.54) is 11.1 Å². The lowest BCUT2D eigenvalue weighted by molar-refractivity contribution is -0.128. The van der Waals surface area contributed by atoms with E-state index in [0.29, 0.717) is 6.42 Å². The molecule has 0 saturated carbocycles. The first-order valence-corrected chi connectivity index (χ1v) is 9.15. The Hall–Kier alpha value is -2.13. The van der Waals surface area contributed by atoms with E-state index in [4.69, 9.17) is 0 Å². The average molecular weight is 341 g/mol. The Bertz CT molecular complexity index is 540. The first-order chi connectivity index (χ1) is 12.1. The molecule has 0 aliphatic carbocycles. The Labute approximate surface area is 153 Å². The van der Waals surface area contributed by atoms with Gasteiger partial charge in [0, 0.05) is 33.6 Å². The van der Waals surface area contributed by atoms with Crippen LogP contribution < -0.4 is 0 Å². The predicted molar refractivity (Wildman–Crippen MR) is 106 cm³/mol. The smallest absolute Gasteiger partial charge is 0.222 e. The first-order valence-electron chi connectivity index (χ1n) is 9.15. The number of rotatable bonds is 8. The highest BCUT2D eigenvalue weighted by Gasteiger charge is 2.09. The van der Waals surface area contributed by atoms with Gasteiger partial charge in [-0.25, -0.2) is 0 Å². The van der Waals surface area contributed by atoms with Crippen LogP contribution in [-0.2, 0) is 17.9 Å². The van der Waals surface area contributed by atoms with Crippen LogP contribution in [0.4, 0.5) is 0 Å². The number of amides is 1. The summed E-state index contributed by atoms with van der Waals surface area (Å²) in [6.07, 6.45) is 1.49. The van der Waals surface area contributed by atoms with Gasteiger partial charge in [0.15, 0.2) is 0 Å². The molecule has 3 nitrogen and oxygen atoms in total. The van der Waals surface area contributed by atoms with Crippen molar-refractivity contribution in [1.29, 1.82) is 0 Å². The fraction of sp³-hybridized carbons (Fsp3) is 0.409. The molecule has 0 atom stereocenters. The van der Waals surface area contributed by atoms with Crippen LogP contribution in [0.25, 0.3) is 0 Å². The SMILES string of the molecule is CC.CN(C)C(=O)CCCN(Cc1ccccc1)Cc1ccccc1. The topological polar surface area (TPSA) is 23.6 Å². The van der Waals surface area contributed by atoms with Crippen molar-refractivity contribution in [3.63, 3.8) is 0 Å². The van der Waals surface area contributed by atoms with Crippen molar-refractivity contribution >= 4 is 5.91 Å². The molecule has 0 heterocycles. The highest BCUT2D eigenvalue weighted by Crippen LogP contribution is 2.11. The van der Waals surface area contributed by atoms with E-state index < -0.39 is 0 Å². The molecule has 0 bridgehead atoms. The average Bonchev–Trinajstić information content (AvgIpc) is 2.65. The molecular formula is C22H32N2O. The summed E-state index contributed by atoms with van der Waals surface area (Å²) < 4.78 is 0. The molecule has 2 aromatic rings. The molecule has 0 N–H and O–H groups in total. The van der Waals surface area contributed by atoms with Gasteiger partial charge in [0.25, 0.3) is 0 Å². The number of hydrogen-bond donors (Lipinski definition) is 0. The number of benzene rings is 2. The summed E-state index contributed by atoms with van der Waals surface area (Å²) in [5.41, 5.74) is 2.62. The number of carbonyl (C=O) groups excluding carboxylic acids is 1. The molecule has 0 radical (unpaired) electrons. The summed E-state index contributed by atoms with van der Waals surface area (Å²) in [5, 5.41) is 0. The monoisotopic (exact) mass is 340 g/mol. The molecule has 1 amide bonds. The predicted octanol–water partition coefficient (Wildman–Crippen LogP) is 4.58. The highest BCUT2D eigenvalue weighted by molar-refractivity contribution is 5.75. The lowest BCUT2D eigenvalue weighted by Crippen LogP contribution is -2.26. The molecule has 3 heteroatoms. The Kier molecular flexibility index (Phi) is 10.3. The van der Waals surface area contributed by atoms with Gasteiger partial charge in [-0.3, -0.25) is 9.69 Å². The summed E-state index contributed by atoms with van der Waals surface area (Å²) in [6.45, 7) is 6.74. The minimum Gasteiger partial charge on any atom is -0.349 e. The maximum Gasteiger partial charge on any atom is 0.222 e. The quantitative estimate of drug-likeness (QED) is 0.702. The largest absolute Gasteiger partial charge is 0.349 e. The molecule has 0 saturated heterocycles. The van der Waals surface area contributed by atoms with E-state index in [1.807, 2.05) is 40.1 Å². The summed E-state index contributed by atoms with van der Waals surface area (Å²) in [6, 6.07) is 21.0. The van der Waals surface area contributed by atoms with Crippen LogP contribution in [0.5, 0.6) is 0 Å².